The predicted molar refractivity (Wildman–Crippen MR) is 119 cm³/mol. The van der Waals surface area contributed by atoms with E-state index in [9.17, 15) is 9.90 Å². The van der Waals surface area contributed by atoms with Crippen molar-refractivity contribution in [3.05, 3.63) is 83.7 Å². The molecular weight excluding hydrogens is 408 g/mol. The third-order valence-corrected chi connectivity index (χ3v) is 5.14. The molecule has 29 heavy (non-hydrogen) atoms. The number of rotatable bonds is 7. The Balaban J connectivity index is 0.00000300. The molecule has 3 N–H and O–H groups in total. The molecule has 0 unspecified atom stereocenters. The molecule has 1 heterocycles. The van der Waals surface area contributed by atoms with Gasteiger partial charge in [-0.05, 0) is 59.2 Å². The maximum atomic E-state index is 12.1. The lowest BCUT2D eigenvalue weighted by Crippen LogP contribution is -2.12. The van der Waals surface area contributed by atoms with Gasteiger partial charge in [0.05, 0.1) is 7.11 Å². The van der Waals surface area contributed by atoms with Gasteiger partial charge in [-0.1, -0.05) is 18.2 Å². The molecule has 3 aromatic rings. The van der Waals surface area contributed by atoms with Crippen LogP contribution in [0, 0.1) is 0 Å². The first-order valence-corrected chi connectivity index (χ1v) is 9.56. The number of phenols is 1. The Bertz CT molecular complexity index is 1010. The molecule has 3 rings (SSSR count). The third-order valence-electron chi connectivity index (χ3n) is 4.08. The van der Waals surface area contributed by atoms with Gasteiger partial charge >= 0.3 is 0 Å². The first-order chi connectivity index (χ1) is 13.6. The van der Waals surface area contributed by atoms with Crippen LogP contribution in [0.15, 0.2) is 71.9 Å². The van der Waals surface area contributed by atoms with Gasteiger partial charge in [-0.15, -0.1) is 24.2 Å². The van der Waals surface area contributed by atoms with Gasteiger partial charge < -0.3 is 15.6 Å². The number of pyridine rings is 1. The number of benzene rings is 2. The average molecular weight is 429 g/mol. The second kappa shape index (κ2) is 10.5. The molecule has 1 amide bonds. The van der Waals surface area contributed by atoms with E-state index in [1.807, 2.05) is 36.4 Å². The zero-order chi connectivity index (χ0) is 19.9. The summed E-state index contributed by atoms with van der Waals surface area (Å²) < 4.78 is 5.05. The SMILES string of the molecule is COc1ccc(/C=C(/C(N)=O)c2cccc(SCc3ccncc3)c2)cc1O.Cl. The van der Waals surface area contributed by atoms with Crippen LogP contribution in [-0.4, -0.2) is 23.1 Å². The molecule has 0 saturated carbocycles. The Hall–Kier alpha value is -2.96. The Morgan fingerprint density at radius 3 is 2.59 bits per heavy atom. The molecule has 0 spiro atoms. The maximum absolute atomic E-state index is 12.1. The van der Waals surface area contributed by atoms with Gasteiger partial charge in [-0.2, -0.15) is 0 Å². The number of phenolic OH excluding ortho intramolecular Hbond substituents is 1. The summed E-state index contributed by atoms with van der Waals surface area (Å²) in [6.07, 6.45) is 5.20. The monoisotopic (exact) mass is 428 g/mol. The minimum absolute atomic E-state index is 0. The van der Waals surface area contributed by atoms with Gasteiger partial charge in [0, 0.05) is 28.6 Å². The fourth-order valence-corrected chi connectivity index (χ4v) is 3.57. The Kier molecular flexibility index (Phi) is 8.12. The molecule has 7 heteroatoms. The van der Waals surface area contributed by atoms with Crippen LogP contribution in [0.4, 0.5) is 0 Å². The summed E-state index contributed by atoms with van der Waals surface area (Å²) in [5.41, 5.74) is 8.54. The highest BCUT2D eigenvalue weighted by Gasteiger charge is 2.11. The first-order valence-electron chi connectivity index (χ1n) is 8.57. The van der Waals surface area contributed by atoms with E-state index < -0.39 is 5.91 Å². The third kappa shape index (κ3) is 6.01. The van der Waals surface area contributed by atoms with Crippen LogP contribution in [0.2, 0.25) is 0 Å². The lowest BCUT2D eigenvalue weighted by atomic mass is 10.0. The maximum Gasteiger partial charge on any atom is 0.249 e. The van der Waals surface area contributed by atoms with E-state index in [-0.39, 0.29) is 18.2 Å². The standard InChI is InChI=1S/C22H20N2O3S.ClH/c1-27-21-6-5-16(12-20(21)25)11-19(22(23)26)17-3-2-4-18(13-17)28-14-15-7-9-24-10-8-15;/h2-13,25H,14H2,1H3,(H2,23,26);1H/b19-11+;. The molecule has 0 radical (unpaired) electrons. The number of methoxy groups -OCH3 is 1. The van der Waals surface area contributed by atoms with Crippen LogP contribution in [0.1, 0.15) is 16.7 Å². The van der Waals surface area contributed by atoms with Crippen molar-refractivity contribution in [2.45, 2.75) is 10.6 Å². The number of carbonyl (C=O) groups excluding carboxylic acids is 1. The number of primary amides is 1. The number of aromatic hydroxyl groups is 1. The Morgan fingerprint density at radius 2 is 1.93 bits per heavy atom. The van der Waals surface area contributed by atoms with E-state index in [1.165, 1.54) is 18.7 Å². The van der Waals surface area contributed by atoms with E-state index in [2.05, 4.69) is 4.98 Å². The number of halogens is 1. The van der Waals surface area contributed by atoms with Crippen molar-refractivity contribution in [2.24, 2.45) is 5.73 Å². The van der Waals surface area contributed by atoms with Crippen molar-refractivity contribution in [1.29, 1.82) is 0 Å². The molecule has 0 bridgehead atoms. The van der Waals surface area contributed by atoms with Crippen LogP contribution >= 0.6 is 24.2 Å². The van der Waals surface area contributed by atoms with Crippen molar-refractivity contribution >= 4 is 41.7 Å². The summed E-state index contributed by atoms with van der Waals surface area (Å²) >= 11 is 1.67. The van der Waals surface area contributed by atoms with Crippen LogP contribution in [-0.2, 0) is 10.5 Å². The van der Waals surface area contributed by atoms with Gasteiger partial charge in [0.15, 0.2) is 11.5 Å². The number of nitrogens with zero attached hydrogens (tertiary/aromatic N) is 1. The minimum atomic E-state index is -0.536. The Morgan fingerprint density at radius 1 is 1.17 bits per heavy atom. The Labute approximate surface area is 180 Å². The van der Waals surface area contributed by atoms with Crippen LogP contribution in [0.5, 0.6) is 11.5 Å². The lowest BCUT2D eigenvalue weighted by molar-refractivity contribution is -0.112. The van der Waals surface area contributed by atoms with Crippen LogP contribution < -0.4 is 10.5 Å². The summed E-state index contributed by atoms with van der Waals surface area (Å²) in [7, 11) is 1.48. The minimum Gasteiger partial charge on any atom is -0.504 e. The molecular formula is C22H21ClN2O3S. The van der Waals surface area contributed by atoms with Crippen molar-refractivity contribution < 1.29 is 14.6 Å². The van der Waals surface area contributed by atoms with E-state index in [4.69, 9.17) is 10.5 Å². The van der Waals surface area contributed by atoms with Gasteiger partial charge in [0.2, 0.25) is 5.91 Å². The van der Waals surface area contributed by atoms with E-state index in [0.29, 0.717) is 16.9 Å². The quantitative estimate of drug-likeness (QED) is 0.328. The van der Waals surface area contributed by atoms with Gasteiger partial charge in [0.1, 0.15) is 0 Å². The second-order valence-corrected chi connectivity index (χ2v) is 7.07. The van der Waals surface area contributed by atoms with Gasteiger partial charge in [-0.25, -0.2) is 0 Å². The number of ether oxygens (including phenoxy) is 1. The number of amides is 1. The molecule has 0 aliphatic rings. The van der Waals surface area contributed by atoms with E-state index >= 15 is 0 Å². The predicted octanol–water partition coefficient (Wildman–Crippen LogP) is 4.54. The summed E-state index contributed by atoms with van der Waals surface area (Å²) in [6, 6.07) is 16.5. The largest absolute Gasteiger partial charge is 0.504 e. The number of hydrogen-bond acceptors (Lipinski definition) is 5. The van der Waals surface area contributed by atoms with Crippen molar-refractivity contribution in [3.8, 4) is 11.5 Å². The fourth-order valence-electron chi connectivity index (χ4n) is 2.66. The number of carbonyl (C=O) groups is 1. The molecule has 0 fully saturated rings. The lowest BCUT2D eigenvalue weighted by Gasteiger charge is -2.08. The van der Waals surface area contributed by atoms with Crippen molar-refractivity contribution in [3.63, 3.8) is 0 Å². The fraction of sp³-hybridized carbons (Fsp3) is 0.0909. The first kappa shape index (κ1) is 22.3. The number of hydrogen-bond donors (Lipinski definition) is 2. The average Bonchev–Trinajstić information content (AvgIpc) is 2.71. The number of thioether (sulfide) groups is 1. The summed E-state index contributed by atoms with van der Waals surface area (Å²) in [5, 5.41) is 9.96. The smallest absolute Gasteiger partial charge is 0.249 e. The van der Waals surface area contributed by atoms with Crippen molar-refractivity contribution in [1.82, 2.24) is 4.98 Å². The molecule has 5 nitrogen and oxygen atoms in total. The topological polar surface area (TPSA) is 85.4 Å². The zero-order valence-electron chi connectivity index (χ0n) is 15.7. The highest BCUT2D eigenvalue weighted by atomic mass is 35.5. The second-order valence-electron chi connectivity index (χ2n) is 6.03. The van der Waals surface area contributed by atoms with Gasteiger partial charge in [0.25, 0.3) is 0 Å². The summed E-state index contributed by atoms with van der Waals surface area (Å²) in [4.78, 5) is 17.1. The molecule has 1 aromatic heterocycles. The highest BCUT2D eigenvalue weighted by Crippen LogP contribution is 2.30. The zero-order valence-corrected chi connectivity index (χ0v) is 17.4. The summed E-state index contributed by atoms with van der Waals surface area (Å²) in [5.74, 6) is 0.633. The van der Waals surface area contributed by atoms with Crippen LogP contribution in [0.3, 0.4) is 0 Å². The van der Waals surface area contributed by atoms with Crippen LogP contribution in [0.25, 0.3) is 11.6 Å². The molecule has 150 valence electrons. The van der Waals surface area contributed by atoms with E-state index in [1.54, 1.807) is 42.4 Å². The number of aromatic nitrogens is 1. The summed E-state index contributed by atoms with van der Waals surface area (Å²) in [6.45, 7) is 0. The normalized spacial score (nSPS) is 10.9. The molecule has 0 aliphatic heterocycles. The van der Waals surface area contributed by atoms with Crippen molar-refractivity contribution in [2.75, 3.05) is 7.11 Å². The van der Waals surface area contributed by atoms with E-state index in [0.717, 1.165) is 16.2 Å². The molecule has 0 aliphatic carbocycles. The number of nitrogens with two attached hydrogens (primary N) is 1. The molecule has 0 atom stereocenters. The molecule has 2 aromatic carbocycles. The highest BCUT2D eigenvalue weighted by molar-refractivity contribution is 7.98. The van der Waals surface area contributed by atoms with Gasteiger partial charge in [-0.3, -0.25) is 9.78 Å². The molecule has 0 saturated heterocycles.